The highest BCUT2D eigenvalue weighted by atomic mass is 35.5. The molecule has 0 unspecified atom stereocenters. The first-order valence-corrected chi connectivity index (χ1v) is 15.5. The summed E-state index contributed by atoms with van der Waals surface area (Å²) in [4.78, 5) is 29.1. The number of rotatable bonds is 10. The lowest BCUT2D eigenvalue weighted by atomic mass is 10.1. The molecule has 9 heteroatoms. The first-order chi connectivity index (χ1) is 19.1. The average Bonchev–Trinajstić information content (AvgIpc) is 2.89. The maximum Gasteiger partial charge on any atom is 0.264 e. The largest absolute Gasteiger partial charge is 0.350 e. The molecule has 3 rings (SSSR count). The molecule has 0 aromatic heterocycles. The zero-order chi connectivity index (χ0) is 30.5. The molecular weight excluding hydrogens is 558 g/mol. The van der Waals surface area contributed by atoms with Gasteiger partial charge in [0.05, 0.1) is 10.6 Å². The molecule has 7 nitrogen and oxygen atoms in total. The molecular formula is C32H40ClN3O4S. The van der Waals surface area contributed by atoms with E-state index >= 15 is 0 Å². The summed E-state index contributed by atoms with van der Waals surface area (Å²) in [5.74, 6) is -0.800. The molecule has 0 saturated heterocycles. The monoisotopic (exact) mass is 597 g/mol. The molecule has 3 aromatic carbocycles. The second-order valence-electron chi connectivity index (χ2n) is 11.4. The van der Waals surface area contributed by atoms with Crippen molar-refractivity contribution in [3.05, 3.63) is 94.0 Å². The Morgan fingerprint density at radius 2 is 1.51 bits per heavy atom. The summed E-state index contributed by atoms with van der Waals surface area (Å²) in [6.45, 7) is 12.8. The highest BCUT2D eigenvalue weighted by molar-refractivity contribution is 7.92. The maximum absolute atomic E-state index is 14.2. The van der Waals surface area contributed by atoms with Crippen molar-refractivity contribution >= 4 is 39.1 Å². The number of amides is 2. The van der Waals surface area contributed by atoms with Gasteiger partial charge in [0.15, 0.2) is 0 Å². The van der Waals surface area contributed by atoms with Crippen LogP contribution >= 0.6 is 11.6 Å². The van der Waals surface area contributed by atoms with Crippen LogP contribution in [-0.2, 0) is 26.2 Å². The van der Waals surface area contributed by atoms with Crippen molar-refractivity contribution in [1.82, 2.24) is 10.2 Å². The molecule has 0 spiro atoms. The number of carbonyl (C=O) groups excluding carboxylic acids is 2. The summed E-state index contributed by atoms with van der Waals surface area (Å²) < 4.78 is 29.2. The van der Waals surface area contributed by atoms with Crippen LogP contribution in [0.1, 0.15) is 56.4 Å². The lowest BCUT2D eigenvalue weighted by Crippen LogP contribution is -2.55. The van der Waals surface area contributed by atoms with E-state index in [0.717, 1.165) is 26.6 Å². The van der Waals surface area contributed by atoms with Crippen LogP contribution in [0.25, 0.3) is 0 Å². The van der Waals surface area contributed by atoms with E-state index in [0.29, 0.717) is 17.1 Å². The van der Waals surface area contributed by atoms with Crippen LogP contribution in [0.4, 0.5) is 5.69 Å². The average molecular weight is 598 g/mol. The van der Waals surface area contributed by atoms with E-state index in [4.69, 9.17) is 11.6 Å². The molecule has 0 aliphatic carbocycles. The van der Waals surface area contributed by atoms with Crippen LogP contribution in [0.3, 0.4) is 0 Å². The van der Waals surface area contributed by atoms with Crippen LogP contribution in [0.5, 0.6) is 0 Å². The van der Waals surface area contributed by atoms with E-state index in [2.05, 4.69) is 5.32 Å². The number of halogens is 1. The van der Waals surface area contributed by atoms with Crippen LogP contribution < -0.4 is 9.62 Å². The molecule has 2 amide bonds. The SMILES string of the molecule is CC[C@H](C(=O)NC(C)(C)C)N(Cc1ccc(Cl)cc1)C(=O)CN(c1ccc(C)c(C)c1)S(=O)(=O)c1ccc(C)cc1. The van der Waals surface area contributed by atoms with Crippen molar-refractivity contribution in [3.8, 4) is 0 Å². The predicted molar refractivity (Wildman–Crippen MR) is 166 cm³/mol. The number of anilines is 1. The van der Waals surface area contributed by atoms with Crippen molar-refractivity contribution in [2.75, 3.05) is 10.8 Å². The number of aryl methyl sites for hydroxylation is 3. The molecule has 3 aromatic rings. The summed E-state index contributed by atoms with van der Waals surface area (Å²) in [7, 11) is -4.12. The quantitative estimate of drug-likeness (QED) is 0.302. The van der Waals surface area contributed by atoms with E-state index in [1.54, 1.807) is 60.7 Å². The minimum atomic E-state index is -4.12. The van der Waals surface area contributed by atoms with Gasteiger partial charge in [0, 0.05) is 17.1 Å². The first-order valence-electron chi connectivity index (χ1n) is 13.6. The molecule has 0 saturated carbocycles. The lowest BCUT2D eigenvalue weighted by Gasteiger charge is -2.35. The van der Waals surface area contributed by atoms with Gasteiger partial charge < -0.3 is 10.2 Å². The highest BCUT2D eigenvalue weighted by Crippen LogP contribution is 2.27. The maximum atomic E-state index is 14.2. The van der Waals surface area contributed by atoms with Gasteiger partial charge in [-0.15, -0.1) is 0 Å². The highest BCUT2D eigenvalue weighted by Gasteiger charge is 2.34. The predicted octanol–water partition coefficient (Wildman–Crippen LogP) is 6.18. The zero-order valence-corrected chi connectivity index (χ0v) is 26.4. The third-order valence-electron chi connectivity index (χ3n) is 6.82. The number of nitrogens with one attached hydrogen (secondary N) is 1. The molecule has 1 N–H and O–H groups in total. The molecule has 0 fully saturated rings. The van der Waals surface area contributed by atoms with Gasteiger partial charge in [-0.05, 0) is 101 Å². The molecule has 0 aliphatic rings. The molecule has 41 heavy (non-hydrogen) atoms. The summed E-state index contributed by atoms with van der Waals surface area (Å²) in [5.41, 5.74) is 3.45. The Morgan fingerprint density at radius 1 is 0.902 bits per heavy atom. The Bertz CT molecular complexity index is 1480. The molecule has 0 heterocycles. The van der Waals surface area contributed by atoms with Crippen molar-refractivity contribution < 1.29 is 18.0 Å². The fourth-order valence-electron chi connectivity index (χ4n) is 4.41. The molecule has 0 radical (unpaired) electrons. The topological polar surface area (TPSA) is 86.8 Å². The second-order valence-corrected chi connectivity index (χ2v) is 13.7. The molecule has 0 aliphatic heterocycles. The number of hydrogen-bond donors (Lipinski definition) is 1. The van der Waals surface area contributed by atoms with Crippen LogP contribution in [-0.4, -0.2) is 43.3 Å². The third kappa shape index (κ3) is 8.33. The smallest absolute Gasteiger partial charge is 0.264 e. The zero-order valence-electron chi connectivity index (χ0n) is 24.9. The van der Waals surface area contributed by atoms with E-state index in [9.17, 15) is 18.0 Å². The summed E-state index contributed by atoms with van der Waals surface area (Å²) in [6, 6.07) is 18.1. The third-order valence-corrected chi connectivity index (χ3v) is 8.86. The van der Waals surface area contributed by atoms with E-state index in [-0.39, 0.29) is 17.3 Å². The Morgan fingerprint density at radius 3 is 2.05 bits per heavy atom. The second kappa shape index (κ2) is 13.1. The Hall–Kier alpha value is -3.36. The number of sulfonamides is 1. The Labute approximate surface area is 249 Å². The van der Waals surface area contributed by atoms with Gasteiger partial charge in [0.1, 0.15) is 12.6 Å². The van der Waals surface area contributed by atoms with Gasteiger partial charge in [-0.25, -0.2) is 8.42 Å². The van der Waals surface area contributed by atoms with Crippen molar-refractivity contribution in [2.24, 2.45) is 0 Å². The van der Waals surface area contributed by atoms with E-state index in [1.165, 1.54) is 4.90 Å². The molecule has 0 bridgehead atoms. The standard InChI is InChI=1S/C32H40ClN3O4S/c1-8-29(31(38)34-32(5,6)7)35(20-25-12-14-26(33)15-13-25)30(37)21-36(27-16-11-23(3)24(4)19-27)41(39,40)28-17-9-22(2)10-18-28/h9-19,29H,8,20-21H2,1-7H3,(H,34,38)/t29-/m1/s1. The van der Waals surface area contributed by atoms with E-state index < -0.39 is 34.1 Å². The Balaban J connectivity index is 2.09. The molecule has 220 valence electrons. The van der Waals surface area contributed by atoms with Gasteiger partial charge in [0.25, 0.3) is 10.0 Å². The van der Waals surface area contributed by atoms with Gasteiger partial charge >= 0.3 is 0 Å². The number of carbonyl (C=O) groups is 2. The van der Waals surface area contributed by atoms with Gasteiger partial charge in [-0.1, -0.05) is 54.4 Å². The summed E-state index contributed by atoms with van der Waals surface area (Å²) >= 11 is 6.08. The summed E-state index contributed by atoms with van der Waals surface area (Å²) in [6.07, 6.45) is 0.343. The first kappa shape index (κ1) is 32.2. The van der Waals surface area contributed by atoms with Crippen LogP contribution in [0, 0.1) is 20.8 Å². The van der Waals surface area contributed by atoms with Crippen molar-refractivity contribution in [3.63, 3.8) is 0 Å². The lowest BCUT2D eigenvalue weighted by molar-refractivity contribution is -0.141. The van der Waals surface area contributed by atoms with Crippen LogP contribution in [0.15, 0.2) is 71.6 Å². The Kier molecular flexibility index (Phi) is 10.3. The van der Waals surface area contributed by atoms with Crippen molar-refractivity contribution in [1.29, 1.82) is 0 Å². The van der Waals surface area contributed by atoms with Gasteiger partial charge in [0.2, 0.25) is 11.8 Å². The molecule has 1 atom stereocenters. The van der Waals surface area contributed by atoms with Crippen molar-refractivity contribution in [2.45, 2.75) is 77.9 Å². The number of benzene rings is 3. The number of hydrogen-bond acceptors (Lipinski definition) is 4. The van der Waals surface area contributed by atoms with E-state index in [1.807, 2.05) is 54.5 Å². The normalized spacial score (nSPS) is 12.5. The fourth-order valence-corrected chi connectivity index (χ4v) is 5.94. The fraction of sp³-hybridized carbons (Fsp3) is 0.375. The van der Waals surface area contributed by atoms with Gasteiger partial charge in [-0.2, -0.15) is 0 Å². The number of nitrogens with zero attached hydrogens (tertiary/aromatic N) is 2. The summed E-state index contributed by atoms with van der Waals surface area (Å²) in [5, 5.41) is 3.52. The minimum Gasteiger partial charge on any atom is -0.350 e. The van der Waals surface area contributed by atoms with Gasteiger partial charge in [-0.3, -0.25) is 13.9 Å². The minimum absolute atomic E-state index is 0.0795. The van der Waals surface area contributed by atoms with Crippen LogP contribution in [0.2, 0.25) is 5.02 Å².